The van der Waals surface area contributed by atoms with E-state index in [1.165, 1.54) is 0 Å². The number of rotatable bonds is 3. The predicted octanol–water partition coefficient (Wildman–Crippen LogP) is 0.743. The van der Waals surface area contributed by atoms with Gasteiger partial charge in [-0.25, -0.2) is 0 Å². The smallest absolute Gasteiger partial charge is 0.202 e. The fraction of sp³-hybridized carbons (Fsp3) is 0.462. The highest BCUT2D eigenvalue weighted by molar-refractivity contribution is 6.32. The number of carbonyl (C=O) groups is 2. The quantitative estimate of drug-likeness (QED) is 0.219. The third-order valence-corrected chi connectivity index (χ3v) is 7.92. The molecule has 0 unspecified atom stereocenters. The van der Waals surface area contributed by atoms with E-state index in [1.807, 2.05) is 0 Å². The van der Waals surface area contributed by atoms with E-state index in [1.54, 1.807) is 13.8 Å². The minimum Gasteiger partial charge on any atom is -0.507 e. The van der Waals surface area contributed by atoms with Crippen LogP contribution in [0.25, 0.3) is 0 Å². The third kappa shape index (κ3) is 3.60. The van der Waals surface area contributed by atoms with Crippen molar-refractivity contribution >= 4 is 11.6 Å². The first-order chi connectivity index (χ1) is 17.8. The topological polar surface area (TPSA) is 220 Å². The Kier molecular flexibility index (Phi) is 6.17. The SMILES string of the molecule is CC[C@@]1(O)C[C@H](O[C@@H]2C[C@H](N)[C@H](O)[C@H](C)O2)c2c(O)c3c(c(O)c2[C@H]1O)C(=O)c1c(O)ccc(O)c1C3=O. The number of ketones is 2. The molecule has 1 saturated heterocycles. The summed E-state index contributed by atoms with van der Waals surface area (Å²) in [6.07, 6.45) is -6.00. The number of aliphatic hydroxyl groups is 3. The second-order valence-electron chi connectivity index (χ2n) is 10.1. The summed E-state index contributed by atoms with van der Waals surface area (Å²) < 4.78 is 11.7. The van der Waals surface area contributed by atoms with Crippen molar-refractivity contribution in [3.05, 3.63) is 45.5 Å². The molecule has 2 aromatic rings. The summed E-state index contributed by atoms with van der Waals surface area (Å²) in [7, 11) is 0. The minimum absolute atomic E-state index is 0.0186. The maximum absolute atomic E-state index is 13.5. The number of nitrogens with two attached hydrogens (primary N) is 1. The summed E-state index contributed by atoms with van der Waals surface area (Å²) in [5.74, 6) is -5.04. The highest BCUT2D eigenvalue weighted by Crippen LogP contribution is 2.56. The van der Waals surface area contributed by atoms with Crippen molar-refractivity contribution in [3.8, 4) is 23.0 Å². The zero-order valence-corrected chi connectivity index (χ0v) is 20.6. The number of phenolic OH excluding ortho intramolecular Hbond substituents is 4. The van der Waals surface area contributed by atoms with Gasteiger partial charge in [-0.05, 0) is 25.5 Å². The number of ether oxygens (including phenoxy) is 2. The van der Waals surface area contributed by atoms with E-state index >= 15 is 0 Å². The number of aliphatic hydroxyl groups excluding tert-OH is 2. The van der Waals surface area contributed by atoms with Crippen molar-refractivity contribution in [1.82, 2.24) is 0 Å². The van der Waals surface area contributed by atoms with Crippen LogP contribution in [0, 0.1) is 0 Å². The third-order valence-electron chi connectivity index (χ3n) is 7.92. The van der Waals surface area contributed by atoms with Gasteiger partial charge in [0.1, 0.15) is 29.1 Å². The maximum atomic E-state index is 13.5. The van der Waals surface area contributed by atoms with Gasteiger partial charge in [0.2, 0.25) is 11.6 Å². The Balaban J connectivity index is 1.71. The summed E-state index contributed by atoms with van der Waals surface area (Å²) >= 11 is 0. The van der Waals surface area contributed by atoms with Crippen LogP contribution in [-0.4, -0.2) is 77.5 Å². The molecule has 0 spiro atoms. The Labute approximate surface area is 216 Å². The Morgan fingerprint density at radius 1 is 0.974 bits per heavy atom. The summed E-state index contributed by atoms with van der Waals surface area (Å²) in [6.45, 7) is 3.17. The molecule has 2 aromatic carbocycles. The minimum atomic E-state index is -1.88. The molecule has 1 fully saturated rings. The van der Waals surface area contributed by atoms with Crippen LogP contribution in [-0.2, 0) is 9.47 Å². The van der Waals surface area contributed by atoms with E-state index in [0.717, 1.165) is 12.1 Å². The van der Waals surface area contributed by atoms with Gasteiger partial charge in [-0.3, -0.25) is 9.59 Å². The van der Waals surface area contributed by atoms with Gasteiger partial charge in [-0.2, -0.15) is 0 Å². The molecule has 0 aromatic heterocycles. The van der Waals surface area contributed by atoms with Gasteiger partial charge in [0.05, 0.1) is 46.2 Å². The van der Waals surface area contributed by atoms with Crippen LogP contribution < -0.4 is 5.73 Å². The second kappa shape index (κ2) is 8.90. The van der Waals surface area contributed by atoms with E-state index in [-0.39, 0.29) is 24.8 Å². The number of aromatic hydroxyl groups is 4. The molecule has 3 aliphatic rings. The van der Waals surface area contributed by atoms with Crippen molar-refractivity contribution < 1.29 is 54.8 Å². The van der Waals surface area contributed by atoms with Gasteiger partial charge in [0, 0.05) is 30.0 Å². The molecule has 7 atom stereocenters. The lowest BCUT2D eigenvalue weighted by Crippen LogP contribution is -2.52. The molecule has 1 aliphatic heterocycles. The monoisotopic (exact) mass is 531 g/mol. The Morgan fingerprint density at radius 3 is 2.00 bits per heavy atom. The molecule has 0 saturated carbocycles. The van der Waals surface area contributed by atoms with E-state index in [2.05, 4.69) is 0 Å². The van der Waals surface area contributed by atoms with Crippen LogP contribution in [0.15, 0.2) is 12.1 Å². The van der Waals surface area contributed by atoms with E-state index in [0.29, 0.717) is 0 Å². The summed E-state index contributed by atoms with van der Waals surface area (Å²) in [5, 5.41) is 75.7. The van der Waals surface area contributed by atoms with Crippen molar-refractivity contribution in [3.63, 3.8) is 0 Å². The maximum Gasteiger partial charge on any atom is 0.202 e. The molecule has 5 rings (SSSR count). The molecule has 0 amide bonds. The van der Waals surface area contributed by atoms with Crippen LogP contribution in [0.2, 0.25) is 0 Å². The fourth-order valence-corrected chi connectivity index (χ4v) is 5.71. The molecule has 0 bridgehead atoms. The number of carbonyl (C=O) groups excluding carboxylic acids is 2. The number of hydrogen-bond donors (Lipinski definition) is 8. The first-order valence-corrected chi connectivity index (χ1v) is 12.2. The van der Waals surface area contributed by atoms with Crippen LogP contribution in [0.3, 0.4) is 0 Å². The standard InChI is InChI=1S/C26H29NO11/c1-3-26(36)7-12(38-13-6-9(27)20(30)8(2)37-13)16-19(25(26)35)24(34)18-17(23(16)33)21(31)14-10(28)4-5-11(29)15(14)22(18)32/h4-5,8-9,12-13,20,25,28-30,33-36H,3,6-7,27H2,1-2H3/t8-,9-,12-,13+,20+,25+,26+/m0/s1. The molecule has 2 aliphatic carbocycles. The Bertz CT molecular complexity index is 1350. The molecule has 0 radical (unpaired) electrons. The number of fused-ring (bicyclic) bond motifs is 3. The predicted molar refractivity (Wildman–Crippen MR) is 128 cm³/mol. The first kappa shape index (κ1) is 26.4. The van der Waals surface area contributed by atoms with E-state index in [4.69, 9.17) is 15.2 Å². The summed E-state index contributed by atoms with van der Waals surface area (Å²) in [4.78, 5) is 26.9. The number of phenols is 4. The Morgan fingerprint density at radius 2 is 1.50 bits per heavy atom. The molecule has 12 heteroatoms. The lowest BCUT2D eigenvalue weighted by molar-refractivity contribution is -0.252. The first-order valence-electron chi connectivity index (χ1n) is 12.2. The van der Waals surface area contributed by atoms with Crippen LogP contribution >= 0.6 is 0 Å². The summed E-state index contributed by atoms with van der Waals surface area (Å²) in [5.41, 5.74) is 0.996. The fourth-order valence-electron chi connectivity index (χ4n) is 5.71. The largest absolute Gasteiger partial charge is 0.507 e. The molecular formula is C26H29NO11. The van der Waals surface area contributed by atoms with Gasteiger partial charge in [0.15, 0.2) is 6.29 Å². The van der Waals surface area contributed by atoms with Crippen molar-refractivity contribution in [2.24, 2.45) is 5.73 Å². The average molecular weight is 532 g/mol. The molecule has 9 N–H and O–H groups in total. The van der Waals surface area contributed by atoms with Crippen molar-refractivity contribution in [1.29, 1.82) is 0 Å². The van der Waals surface area contributed by atoms with E-state index in [9.17, 15) is 45.3 Å². The van der Waals surface area contributed by atoms with Crippen LogP contribution in [0.5, 0.6) is 23.0 Å². The summed E-state index contributed by atoms with van der Waals surface area (Å²) in [6, 6.07) is 1.30. The van der Waals surface area contributed by atoms with Gasteiger partial charge in [-0.15, -0.1) is 0 Å². The Hall–Kier alpha value is -3.26. The normalized spacial score (nSPS) is 32.5. The van der Waals surface area contributed by atoms with Gasteiger partial charge < -0.3 is 51.0 Å². The molecular weight excluding hydrogens is 502 g/mol. The van der Waals surface area contributed by atoms with Crippen LogP contribution in [0.1, 0.15) is 88.3 Å². The molecule has 38 heavy (non-hydrogen) atoms. The highest BCUT2D eigenvalue weighted by Gasteiger charge is 2.51. The highest BCUT2D eigenvalue weighted by atomic mass is 16.7. The molecule has 12 nitrogen and oxygen atoms in total. The van der Waals surface area contributed by atoms with Gasteiger partial charge >= 0.3 is 0 Å². The zero-order valence-electron chi connectivity index (χ0n) is 20.6. The van der Waals surface area contributed by atoms with Crippen molar-refractivity contribution in [2.75, 3.05) is 0 Å². The lowest BCUT2D eigenvalue weighted by Gasteiger charge is -2.44. The average Bonchev–Trinajstić information content (AvgIpc) is 2.86. The van der Waals surface area contributed by atoms with Crippen LogP contribution in [0.4, 0.5) is 0 Å². The molecule has 1 heterocycles. The number of hydrogen-bond acceptors (Lipinski definition) is 12. The number of benzene rings is 2. The zero-order chi connectivity index (χ0) is 27.8. The molecule has 204 valence electrons. The van der Waals surface area contributed by atoms with Gasteiger partial charge in [-0.1, -0.05) is 6.92 Å². The van der Waals surface area contributed by atoms with Gasteiger partial charge in [0.25, 0.3) is 0 Å². The second-order valence-corrected chi connectivity index (χ2v) is 10.1. The lowest BCUT2D eigenvalue weighted by atomic mass is 9.70. The van der Waals surface area contributed by atoms with E-state index < -0.39 is 105 Å². The van der Waals surface area contributed by atoms with Crippen molar-refractivity contribution in [2.45, 2.75) is 75.5 Å².